The van der Waals surface area contributed by atoms with Crippen molar-refractivity contribution in [1.82, 2.24) is 0 Å². The van der Waals surface area contributed by atoms with Crippen LogP contribution in [-0.2, 0) is 6.54 Å². The minimum Gasteiger partial charge on any atom is -0.380 e. The van der Waals surface area contributed by atoms with Gasteiger partial charge in [0.15, 0.2) is 0 Å². The van der Waals surface area contributed by atoms with Crippen molar-refractivity contribution in [2.75, 3.05) is 5.32 Å². The van der Waals surface area contributed by atoms with E-state index in [1.807, 2.05) is 0 Å². The Morgan fingerprint density at radius 1 is 1.11 bits per heavy atom. The largest absolute Gasteiger partial charge is 0.380 e. The quantitative estimate of drug-likeness (QED) is 0.771. The van der Waals surface area contributed by atoms with Crippen molar-refractivity contribution >= 4 is 44.8 Å². The molecule has 1 N–H and O–H groups in total. The summed E-state index contributed by atoms with van der Waals surface area (Å²) in [5.74, 6) is -0.294. The number of nitrogens with one attached hydrogen (secondary N) is 1. The molecule has 0 amide bonds. The van der Waals surface area contributed by atoms with Gasteiger partial charge in [-0.3, -0.25) is 0 Å². The molecule has 0 spiro atoms. The van der Waals surface area contributed by atoms with Crippen molar-refractivity contribution in [3.8, 4) is 0 Å². The van der Waals surface area contributed by atoms with Crippen LogP contribution in [0.3, 0.4) is 0 Å². The Labute approximate surface area is 123 Å². The van der Waals surface area contributed by atoms with E-state index in [9.17, 15) is 4.39 Å². The van der Waals surface area contributed by atoms with Gasteiger partial charge >= 0.3 is 0 Å². The molecule has 0 atom stereocenters. The summed E-state index contributed by atoms with van der Waals surface area (Å²) >= 11 is 15.3. The number of halogens is 4. The van der Waals surface area contributed by atoms with E-state index < -0.39 is 0 Å². The molecule has 0 aromatic heterocycles. The van der Waals surface area contributed by atoms with E-state index in [4.69, 9.17) is 23.2 Å². The molecule has 0 heterocycles. The Hall–Kier alpha value is -0.770. The highest BCUT2D eigenvalue weighted by molar-refractivity contribution is 9.10. The average Bonchev–Trinajstić information content (AvgIpc) is 2.34. The van der Waals surface area contributed by atoms with Gasteiger partial charge in [0.05, 0.1) is 5.69 Å². The van der Waals surface area contributed by atoms with Crippen LogP contribution < -0.4 is 5.32 Å². The summed E-state index contributed by atoms with van der Waals surface area (Å²) in [5, 5.41) is 4.35. The zero-order chi connectivity index (χ0) is 13.1. The molecule has 0 aliphatic heterocycles. The van der Waals surface area contributed by atoms with E-state index in [2.05, 4.69) is 21.2 Å². The molecule has 1 nitrogen and oxygen atoms in total. The summed E-state index contributed by atoms with van der Waals surface area (Å²) in [4.78, 5) is 0. The summed E-state index contributed by atoms with van der Waals surface area (Å²) in [6.07, 6.45) is 0. The molecule has 0 saturated carbocycles. The van der Waals surface area contributed by atoms with Gasteiger partial charge in [0.1, 0.15) is 5.82 Å². The number of anilines is 1. The second-order valence-corrected chi connectivity index (χ2v) is 5.41. The van der Waals surface area contributed by atoms with E-state index >= 15 is 0 Å². The van der Waals surface area contributed by atoms with E-state index in [0.717, 1.165) is 10.0 Å². The molecule has 0 radical (unpaired) electrons. The lowest BCUT2D eigenvalue weighted by atomic mass is 10.2. The smallest absolute Gasteiger partial charge is 0.125 e. The van der Waals surface area contributed by atoms with Crippen LogP contribution in [0.25, 0.3) is 0 Å². The highest BCUT2D eigenvalue weighted by Crippen LogP contribution is 2.26. The molecule has 0 saturated heterocycles. The third kappa shape index (κ3) is 3.37. The van der Waals surface area contributed by atoms with Crippen LogP contribution in [0, 0.1) is 5.82 Å². The van der Waals surface area contributed by atoms with Gasteiger partial charge in [-0.2, -0.15) is 0 Å². The Morgan fingerprint density at radius 2 is 1.89 bits per heavy atom. The van der Waals surface area contributed by atoms with Crippen molar-refractivity contribution in [3.05, 3.63) is 62.3 Å². The predicted octanol–water partition coefficient (Wildman–Crippen LogP) is 5.51. The van der Waals surface area contributed by atoms with Crippen molar-refractivity contribution in [3.63, 3.8) is 0 Å². The van der Waals surface area contributed by atoms with E-state index in [1.165, 1.54) is 12.1 Å². The van der Waals surface area contributed by atoms with Crippen LogP contribution >= 0.6 is 39.1 Å². The average molecular weight is 349 g/mol. The lowest BCUT2D eigenvalue weighted by molar-refractivity contribution is 0.628. The lowest BCUT2D eigenvalue weighted by Gasteiger charge is -2.10. The molecular formula is C13H9BrCl2FN. The van der Waals surface area contributed by atoms with Gasteiger partial charge in [-0.15, -0.1) is 0 Å². The van der Waals surface area contributed by atoms with E-state index in [-0.39, 0.29) is 5.82 Å². The predicted molar refractivity (Wildman–Crippen MR) is 77.9 cm³/mol. The second kappa shape index (κ2) is 5.91. The SMILES string of the molecule is Fc1ccc(Br)c(NCc2cc(Cl)ccc2Cl)c1. The fourth-order valence-corrected chi connectivity index (χ4v) is 2.27. The first-order valence-electron chi connectivity index (χ1n) is 5.19. The number of benzene rings is 2. The third-order valence-electron chi connectivity index (χ3n) is 2.41. The number of hydrogen-bond acceptors (Lipinski definition) is 1. The third-order valence-corrected chi connectivity index (χ3v) is 3.70. The van der Waals surface area contributed by atoms with Crippen LogP contribution in [0.1, 0.15) is 5.56 Å². The Bertz CT molecular complexity index is 523. The standard InChI is InChI=1S/C13H9BrCl2FN/c14-11-3-2-10(17)6-13(11)18-7-8-5-9(15)1-4-12(8)16/h1-6,18H,7H2. The van der Waals surface area contributed by atoms with Crippen molar-refractivity contribution in [1.29, 1.82) is 0 Å². The first-order chi connectivity index (χ1) is 8.56. The minimum atomic E-state index is -0.294. The maximum absolute atomic E-state index is 13.1. The summed E-state index contributed by atoms with van der Waals surface area (Å²) in [7, 11) is 0. The van der Waals surface area contributed by atoms with Crippen molar-refractivity contribution < 1.29 is 4.39 Å². The molecule has 18 heavy (non-hydrogen) atoms. The van der Waals surface area contributed by atoms with Gasteiger partial charge in [-0.05, 0) is 57.9 Å². The zero-order valence-corrected chi connectivity index (χ0v) is 12.3. The Morgan fingerprint density at radius 3 is 2.67 bits per heavy atom. The first kappa shape index (κ1) is 13.7. The lowest BCUT2D eigenvalue weighted by Crippen LogP contribution is -2.01. The Kier molecular flexibility index (Phi) is 4.49. The maximum atomic E-state index is 13.1. The van der Waals surface area contributed by atoms with Gasteiger partial charge < -0.3 is 5.32 Å². The molecule has 2 rings (SSSR count). The summed E-state index contributed by atoms with van der Waals surface area (Å²) in [5.41, 5.74) is 1.53. The van der Waals surface area contributed by atoms with Crippen molar-refractivity contribution in [2.24, 2.45) is 0 Å². The van der Waals surface area contributed by atoms with E-state index in [1.54, 1.807) is 24.3 Å². The first-order valence-corrected chi connectivity index (χ1v) is 6.74. The number of hydrogen-bond donors (Lipinski definition) is 1. The van der Waals surface area contributed by atoms with Crippen molar-refractivity contribution in [2.45, 2.75) is 6.54 Å². The van der Waals surface area contributed by atoms with Gasteiger partial charge in [0.25, 0.3) is 0 Å². The minimum absolute atomic E-state index is 0.294. The molecule has 5 heteroatoms. The zero-order valence-electron chi connectivity index (χ0n) is 9.18. The van der Waals surface area contributed by atoms with E-state index in [0.29, 0.717) is 22.3 Å². The molecular weight excluding hydrogens is 340 g/mol. The molecule has 2 aromatic rings. The van der Waals surface area contributed by atoms with Gasteiger partial charge in [0.2, 0.25) is 0 Å². The summed E-state index contributed by atoms with van der Waals surface area (Å²) < 4.78 is 13.9. The van der Waals surface area contributed by atoms with Crippen LogP contribution in [0.4, 0.5) is 10.1 Å². The number of rotatable bonds is 3. The van der Waals surface area contributed by atoms with Gasteiger partial charge in [-0.25, -0.2) is 4.39 Å². The molecule has 2 aromatic carbocycles. The van der Waals surface area contributed by atoms with Crippen LogP contribution in [0.2, 0.25) is 10.0 Å². The topological polar surface area (TPSA) is 12.0 Å². The molecule has 0 fully saturated rings. The highest BCUT2D eigenvalue weighted by atomic mass is 79.9. The monoisotopic (exact) mass is 347 g/mol. The normalized spacial score (nSPS) is 10.4. The molecule has 0 aliphatic rings. The molecule has 0 bridgehead atoms. The maximum Gasteiger partial charge on any atom is 0.125 e. The van der Waals surface area contributed by atoms with Crippen LogP contribution in [0.15, 0.2) is 40.9 Å². The van der Waals surface area contributed by atoms with Crippen LogP contribution in [-0.4, -0.2) is 0 Å². The van der Waals surface area contributed by atoms with Gasteiger partial charge in [-0.1, -0.05) is 23.2 Å². The second-order valence-electron chi connectivity index (χ2n) is 3.71. The molecule has 94 valence electrons. The fourth-order valence-electron chi connectivity index (χ4n) is 1.50. The summed E-state index contributed by atoms with van der Waals surface area (Å²) in [6, 6.07) is 9.71. The highest BCUT2D eigenvalue weighted by Gasteiger charge is 2.04. The van der Waals surface area contributed by atoms with Crippen LogP contribution in [0.5, 0.6) is 0 Å². The Balaban J connectivity index is 2.16. The fraction of sp³-hybridized carbons (Fsp3) is 0.0769. The van der Waals surface area contributed by atoms with Gasteiger partial charge in [0, 0.05) is 21.1 Å². The summed E-state index contributed by atoms with van der Waals surface area (Å²) in [6.45, 7) is 0.474. The molecule has 0 aliphatic carbocycles. The molecule has 0 unspecified atom stereocenters.